The SMILES string of the molecule is CCC(=O)OC(CO)C(OO)C1CC2=C3[C@@H](CCC2=CC1=O)[C@@H]1CCC[C@@]1(C)C[C@@H]3c1ccc(N(C)C)cc1. The number of rotatable bonds is 8. The molecule has 39 heavy (non-hydrogen) atoms. The van der Waals surface area contributed by atoms with Crippen LogP contribution in [0.1, 0.15) is 76.7 Å². The number of aliphatic hydroxyl groups excluding tert-OH is 1. The third-order valence-corrected chi connectivity index (χ3v) is 10.1. The first-order chi connectivity index (χ1) is 18.7. The Morgan fingerprint density at radius 1 is 1.21 bits per heavy atom. The van der Waals surface area contributed by atoms with Crippen molar-refractivity contribution in [3.05, 3.63) is 52.6 Å². The quantitative estimate of drug-likeness (QED) is 0.259. The van der Waals surface area contributed by atoms with E-state index >= 15 is 0 Å². The highest BCUT2D eigenvalue weighted by Crippen LogP contribution is 2.64. The number of allylic oxidation sites excluding steroid dienone is 4. The highest BCUT2D eigenvalue weighted by molar-refractivity contribution is 5.95. The molecule has 2 N–H and O–H groups in total. The molecule has 0 heterocycles. The molecule has 0 saturated heterocycles. The molecule has 0 bridgehead atoms. The first kappa shape index (κ1) is 28.1. The number of ether oxygens (including phenoxy) is 1. The minimum Gasteiger partial charge on any atom is -0.457 e. The van der Waals surface area contributed by atoms with Crippen LogP contribution in [0.4, 0.5) is 5.69 Å². The predicted octanol–water partition coefficient (Wildman–Crippen LogP) is 5.44. The fourth-order valence-electron chi connectivity index (χ4n) is 8.14. The van der Waals surface area contributed by atoms with Crippen molar-refractivity contribution in [2.75, 3.05) is 25.6 Å². The summed E-state index contributed by atoms with van der Waals surface area (Å²) in [5.41, 5.74) is 6.55. The van der Waals surface area contributed by atoms with Gasteiger partial charge in [-0.1, -0.05) is 38.0 Å². The third kappa shape index (κ3) is 5.09. The van der Waals surface area contributed by atoms with Gasteiger partial charge in [-0.25, -0.2) is 4.89 Å². The van der Waals surface area contributed by atoms with E-state index in [0.717, 1.165) is 24.8 Å². The average Bonchev–Trinajstić information content (AvgIpc) is 3.33. The molecular formula is C32H43NO6. The number of esters is 1. The molecular weight excluding hydrogens is 494 g/mol. The number of hydrogen-bond donors (Lipinski definition) is 2. The van der Waals surface area contributed by atoms with Crippen LogP contribution in [0.25, 0.3) is 0 Å². The van der Waals surface area contributed by atoms with Crippen LogP contribution in [-0.2, 0) is 19.2 Å². The van der Waals surface area contributed by atoms with Gasteiger partial charge < -0.3 is 14.7 Å². The molecule has 7 atom stereocenters. The summed E-state index contributed by atoms with van der Waals surface area (Å²) in [5.74, 6) is -0.0365. The Balaban J connectivity index is 1.57. The zero-order valence-electron chi connectivity index (χ0n) is 23.7. The van der Waals surface area contributed by atoms with Gasteiger partial charge in [-0.3, -0.25) is 14.8 Å². The summed E-state index contributed by atoms with van der Waals surface area (Å²) in [6, 6.07) is 8.90. The molecule has 7 heteroatoms. The molecule has 212 valence electrons. The number of ketones is 1. The van der Waals surface area contributed by atoms with Gasteiger partial charge in [-0.2, -0.15) is 0 Å². The molecule has 2 fully saturated rings. The maximum Gasteiger partial charge on any atom is 0.305 e. The predicted molar refractivity (Wildman–Crippen MR) is 149 cm³/mol. The highest BCUT2D eigenvalue weighted by atomic mass is 17.1. The fraction of sp³-hybridized carbons (Fsp3) is 0.625. The van der Waals surface area contributed by atoms with Crippen molar-refractivity contribution in [2.24, 2.45) is 23.2 Å². The second-order valence-electron chi connectivity index (χ2n) is 12.5. The molecule has 7 nitrogen and oxygen atoms in total. The first-order valence-corrected chi connectivity index (χ1v) is 14.6. The average molecular weight is 538 g/mol. The van der Waals surface area contributed by atoms with E-state index in [0.29, 0.717) is 23.7 Å². The fourth-order valence-corrected chi connectivity index (χ4v) is 8.14. The van der Waals surface area contributed by atoms with E-state index in [1.54, 1.807) is 13.0 Å². The van der Waals surface area contributed by atoms with Gasteiger partial charge in [0.2, 0.25) is 0 Å². The van der Waals surface area contributed by atoms with Crippen molar-refractivity contribution in [2.45, 2.75) is 83.3 Å². The lowest BCUT2D eigenvalue weighted by Crippen LogP contribution is -2.46. The smallest absolute Gasteiger partial charge is 0.305 e. The lowest BCUT2D eigenvalue weighted by molar-refractivity contribution is -0.309. The second kappa shape index (κ2) is 11.2. The second-order valence-corrected chi connectivity index (χ2v) is 12.5. The Labute approximate surface area is 231 Å². The summed E-state index contributed by atoms with van der Waals surface area (Å²) < 4.78 is 5.37. The maximum atomic E-state index is 13.4. The Bertz CT molecular complexity index is 1150. The number of anilines is 1. The van der Waals surface area contributed by atoms with Crippen molar-refractivity contribution in [3.63, 3.8) is 0 Å². The van der Waals surface area contributed by atoms with Crippen LogP contribution >= 0.6 is 0 Å². The summed E-state index contributed by atoms with van der Waals surface area (Å²) in [4.78, 5) is 32.3. The van der Waals surface area contributed by atoms with E-state index in [1.165, 1.54) is 41.7 Å². The van der Waals surface area contributed by atoms with Crippen LogP contribution in [-0.4, -0.2) is 55.0 Å². The van der Waals surface area contributed by atoms with Crippen molar-refractivity contribution in [1.82, 2.24) is 0 Å². The van der Waals surface area contributed by atoms with Gasteiger partial charge >= 0.3 is 5.97 Å². The topological polar surface area (TPSA) is 96.3 Å². The number of nitrogens with zero attached hydrogens (tertiary/aromatic N) is 1. The van der Waals surface area contributed by atoms with E-state index in [-0.39, 0.29) is 18.1 Å². The minimum absolute atomic E-state index is 0.128. The number of fused-ring (bicyclic) bond motifs is 4. The highest BCUT2D eigenvalue weighted by Gasteiger charge is 2.53. The molecule has 0 radical (unpaired) electrons. The van der Waals surface area contributed by atoms with E-state index in [9.17, 15) is 20.0 Å². The molecule has 0 aromatic heterocycles. The monoisotopic (exact) mass is 537 g/mol. The Morgan fingerprint density at radius 3 is 2.59 bits per heavy atom. The van der Waals surface area contributed by atoms with Crippen LogP contribution in [0.15, 0.2) is 47.1 Å². The van der Waals surface area contributed by atoms with Gasteiger partial charge in [-0.05, 0) is 90.7 Å². The molecule has 3 unspecified atom stereocenters. The van der Waals surface area contributed by atoms with E-state index in [1.807, 2.05) is 0 Å². The zero-order valence-corrected chi connectivity index (χ0v) is 23.7. The van der Waals surface area contributed by atoms with Gasteiger partial charge in [0, 0.05) is 32.1 Å². The number of aliphatic hydroxyl groups is 1. The largest absolute Gasteiger partial charge is 0.457 e. The lowest BCUT2D eigenvalue weighted by Gasteiger charge is -2.51. The molecule has 1 aromatic carbocycles. The van der Waals surface area contributed by atoms with Crippen LogP contribution in [0, 0.1) is 23.2 Å². The van der Waals surface area contributed by atoms with Crippen molar-refractivity contribution < 1.29 is 29.6 Å². The number of carbonyl (C=O) groups excluding carboxylic acids is 2. The Morgan fingerprint density at radius 2 is 1.95 bits per heavy atom. The Kier molecular flexibility index (Phi) is 8.05. The van der Waals surface area contributed by atoms with Gasteiger partial charge in [0.1, 0.15) is 6.10 Å². The van der Waals surface area contributed by atoms with Crippen LogP contribution in [0.5, 0.6) is 0 Å². The molecule has 0 amide bonds. The van der Waals surface area contributed by atoms with Gasteiger partial charge in [0.15, 0.2) is 11.9 Å². The minimum atomic E-state index is -1.14. The molecule has 5 rings (SSSR count). The summed E-state index contributed by atoms with van der Waals surface area (Å²) >= 11 is 0. The molecule has 0 spiro atoms. The number of benzene rings is 1. The maximum absolute atomic E-state index is 13.4. The van der Waals surface area contributed by atoms with Crippen molar-refractivity contribution >= 4 is 17.4 Å². The van der Waals surface area contributed by atoms with Crippen molar-refractivity contribution in [1.29, 1.82) is 0 Å². The molecule has 4 aliphatic rings. The first-order valence-electron chi connectivity index (χ1n) is 14.6. The third-order valence-electron chi connectivity index (χ3n) is 10.1. The van der Waals surface area contributed by atoms with Crippen LogP contribution in [0.3, 0.4) is 0 Å². The molecule has 0 aliphatic heterocycles. The summed E-state index contributed by atoms with van der Waals surface area (Å²) in [5, 5.41) is 19.9. The molecule has 2 saturated carbocycles. The van der Waals surface area contributed by atoms with E-state index in [2.05, 4.69) is 50.2 Å². The summed E-state index contributed by atoms with van der Waals surface area (Å²) in [7, 11) is 4.10. The van der Waals surface area contributed by atoms with Gasteiger partial charge in [0.05, 0.1) is 12.5 Å². The number of hydrogen-bond acceptors (Lipinski definition) is 7. The summed E-state index contributed by atoms with van der Waals surface area (Å²) in [6.45, 7) is 3.61. The van der Waals surface area contributed by atoms with Crippen LogP contribution in [0.2, 0.25) is 0 Å². The van der Waals surface area contributed by atoms with Gasteiger partial charge in [-0.15, -0.1) is 0 Å². The Hall–Kier alpha value is -2.48. The lowest BCUT2D eigenvalue weighted by atomic mass is 9.53. The normalized spacial score (nSPS) is 31.5. The standard InChI is InChI=1S/C32H43NO6/c1-5-29(36)38-28(18-34)31(39-37)24-16-23-20(15-27(24)35)10-13-22-26-7-6-14-32(26,2)17-25(30(22)23)19-8-11-21(12-9-19)33(3)4/h8-9,11-12,15,22,24-26,28,31,34,37H,5-7,10,13-14,16-18H2,1-4H3/t22-,24?,25+,26-,28?,31?,32-/m0/s1. The van der Waals surface area contributed by atoms with E-state index < -0.39 is 30.7 Å². The van der Waals surface area contributed by atoms with Crippen LogP contribution < -0.4 is 4.90 Å². The summed E-state index contributed by atoms with van der Waals surface area (Å²) in [6.07, 6.45) is 6.80. The molecule has 1 aromatic rings. The van der Waals surface area contributed by atoms with E-state index in [4.69, 9.17) is 9.62 Å². The molecule has 4 aliphatic carbocycles. The van der Waals surface area contributed by atoms with Gasteiger partial charge in [0.25, 0.3) is 0 Å². The van der Waals surface area contributed by atoms with Crippen molar-refractivity contribution in [3.8, 4) is 0 Å². The zero-order chi connectivity index (χ0) is 27.9. The number of carbonyl (C=O) groups is 2.